The standard InChI is InChI=1S/C16H18NO6P/c1-2-13(10-4-3-5-11(18)8-10)16(20)14-7-6-12(19)9-15(14)17-24(21,22)23/h3-9,13-14,18H,2H2,1H3,(H3,17,21,22,23). The topological polar surface area (TPSA) is 124 Å². The third-order valence-electron chi connectivity index (χ3n) is 3.69. The lowest BCUT2D eigenvalue weighted by molar-refractivity contribution is -0.122. The number of hydrogen-bond acceptors (Lipinski definition) is 4. The van der Waals surface area contributed by atoms with Crippen LogP contribution in [-0.2, 0) is 14.2 Å². The van der Waals surface area contributed by atoms with E-state index in [2.05, 4.69) is 0 Å². The monoisotopic (exact) mass is 351 g/mol. The van der Waals surface area contributed by atoms with Crippen molar-refractivity contribution in [2.24, 2.45) is 5.92 Å². The van der Waals surface area contributed by atoms with E-state index in [1.165, 1.54) is 24.3 Å². The largest absolute Gasteiger partial charge is 0.508 e. The van der Waals surface area contributed by atoms with Crippen molar-refractivity contribution in [1.82, 2.24) is 5.09 Å². The van der Waals surface area contributed by atoms with Gasteiger partial charge in [0, 0.05) is 17.7 Å². The van der Waals surface area contributed by atoms with Crippen LogP contribution >= 0.6 is 7.75 Å². The average Bonchev–Trinajstić information content (AvgIpc) is 2.46. The first kappa shape index (κ1) is 18.1. The molecule has 1 aromatic carbocycles. The normalized spacial score (nSPS) is 18.9. The van der Waals surface area contributed by atoms with Gasteiger partial charge in [0.25, 0.3) is 0 Å². The average molecular weight is 351 g/mol. The predicted molar refractivity (Wildman–Crippen MR) is 87.0 cm³/mol. The first-order valence-electron chi connectivity index (χ1n) is 7.31. The zero-order valence-electron chi connectivity index (χ0n) is 12.9. The van der Waals surface area contributed by atoms with Crippen LogP contribution in [0.25, 0.3) is 0 Å². The van der Waals surface area contributed by atoms with Crippen molar-refractivity contribution < 1.29 is 29.0 Å². The van der Waals surface area contributed by atoms with Gasteiger partial charge in [0.2, 0.25) is 0 Å². The van der Waals surface area contributed by atoms with Crippen molar-refractivity contribution in [3.05, 3.63) is 53.8 Å². The molecule has 1 aliphatic rings. The molecule has 0 amide bonds. The minimum absolute atomic E-state index is 0.0252. The van der Waals surface area contributed by atoms with Crippen molar-refractivity contribution in [1.29, 1.82) is 0 Å². The number of ketones is 2. The Labute approximate surface area is 138 Å². The van der Waals surface area contributed by atoms with E-state index in [-0.39, 0.29) is 17.2 Å². The SMILES string of the molecule is CCC(C(=O)C1C=CC(=O)C=C1NP(=O)(O)O)c1cccc(O)c1. The van der Waals surface area contributed by atoms with Gasteiger partial charge < -0.3 is 14.9 Å². The van der Waals surface area contributed by atoms with Crippen molar-refractivity contribution in [2.45, 2.75) is 19.3 Å². The first-order valence-corrected chi connectivity index (χ1v) is 8.92. The first-order chi connectivity index (χ1) is 11.2. The van der Waals surface area contributed by atoms with E-state index in [1.807, 2.05) is 5.09 Å². The Hall–Kier alpha value is -2.21. The van der Waals surface area contributed by atoms with E-state index in [4.69, 9.17) is 9.79 Å². The van der Waals surface area contributed by atoms with E-state index < -0.39 is 25.4 Å². The molecule has 0 saturated heterocycles. The Morgan fingerprint density at radius 1 is 1.38 bits per heavy atom. The minimum atomic E-state index is -4.65. The van der Waals surface area contributed by atoms with Gasteiger partial charge in [0.05, 0.1) is 5.92 Å². The molecule has 2 rings (SSSR count). The quantitative estimate of drug-likeness (QED) is 0.576. The van der Waals surface area contributed by atoms with Gasteiger partial charge in [-0.15, -0.1) is 0 Å². The molecule has 1 aliphatic carbocycles. The Morgan fingerprint density at radius 2 is 2.08 bits per heavy atom. The van der Waals surface area contributed by atoms with Crippen LogP contribution in [0.15, 0.2) is 48.2 Å². The molecular weight excluding hydrogens is 333 g/mol. The lowest BCUT2D eigenvalue weighted by Gasteiger charge is -2.24. The molecule has 0 bridgehead atoms. The number of nitrogens with one attached hydrogen (secondary N) is 1. The molecule has 0 aromatic heterocycles. The third kappa shape index (κ3) is 4.41. The molecule has 4 N–H and O–H groups in total. The number of benzene rings is 1. The summed E-state index contributed by atoms with van der Waals surface area (Å²) < 4.78 is 11.2. The van der Waals surface area contributed by atoms with E-state index in [0.717, 1.165) is 6.08 Å². The second kappa shape index (κ2) is 7.13. The summed E-state index contributed by atoms with van der Waals surface area (Å²) in [4.78, 5) is 42.5. The Kier molecular flexibility index (Phi) is 5.39. The highest BCUT2D eigenvalue weighted by Crippen LogP contribution is 2.36. The molecule has 0 aliphatic heterocycles. The number of phenolic OH excluding ortho intramolecular Hbond substituents is 1. The molecule has 0 fully saturated rings. The molecule has 24 heavy (non-hydrogen) atoms. The van der Waals surface area contributed by atoms with Crippen molar-refractivity contribution in [2.75, 3.05) is 0 Å². The summed E-state index contributed by atoms with van der Waals surface area (Å²) in [5.41, 5.74) is 0.475. The fraction of sp³-hybridized carbons (Fsp3) is 0.250. The Bertz CT molecular complexity index is 764. The highest BCUT2D eigenvalue weighted by atomic mass is 31.2. The van der Waals surface area contributed by atoms with Crippen molar-refractivity contribution in [3.8, 4) is 5.75 Å². The number of carbonyl (C=O) groups excluding carboxylic acids is 2. The maximum absolute atomic E-state index is 12.9. The van der Waals surface area contributed by atoms with Gasteiger partial charge in [0.1, 0.15) is 5.75 Å². The lowest BCUT2D eigenvalue weighted by atomic mass is 9.82. The molecule has 1 aromatic rings. The number of phenols is 1. The van der Waals surface area contributed by atoms with Gasteiger partial charge in [-0.3, -0.25) is 14.7 Å². The van der Waals surface area contributed by atoms with Gasteiger partial charge in [0.15, 0.2) is 11.6 Å². The fourth-order valence-electron chi connectivity index (χ4n) is 2.66. The van der Waals surface area contributed by atoms with Crippen molar-refractivity contribution >= 4 is 19.3 Å². The molecule has 8 heteroatoms. The van der Waals surface area contributed by atoms with E-state index >= 15 is 0 Å². The van der Waals surface area contributed by atoms with Crippen LogP contribution < -0.4 is 5.09 Å². The second-order valence-electron chi connectivity index (χ2n) is 5.45. The summed E-state index contributed by atoms with van der Waals surface area (Å²) in [5, 5.41) is 11.5. The van der Waals surface area contributed by atoms with Gasteiger partial charge in [-0.05, 0) is 30.2 Å². The number of allylic oxidation sites excluding steroid dienone is 3. The molecule has 0 heterocycles. The van der Waals surface area contributed by atoms with Crippen LogP contribution in [0.1, 0.15) is 24.8 Å². The Balaban J connectivity index is 2.34. The summed E-state index contributed by atoms with van der Waals surface area (Å²) in [6, 6.07) is 6.28. The van der Waals surface area contributed by atoms with Crippen LogP contribution in [0, 0.1) is 5.92 Å². The van der Waals surface area contributed by atoms with Crippen LogP contribution in [0.3, 0.4) is 0 Å². The number of rotatable bonds is 6. The zero-order chi connectivity index (χ0) is 17.9. The van der Waals surface area contributed by atoms with Gasteiger partial charge in [-0.25, -0.2) is 4.57 Å². The highest BCUT2D eigenvalue weighted by Gasteiger charge is 2.32. The molecule has 0 spiro atoms. The molecule has 128 valence electrons. The number of aromatic hydroxyl groups is 1. The molecule has 2 unspecified atom stereocenters. The smallest absolute Gasteiger partial charge is 0.427 e. The van der Waals surface area contributed by atoms with Crippen LogP contribution in [0.2, 0.25) is 0 Å². The van der Waals surface area contributed by atoms with Crippen molar-refractivity contribution in [3.63, 3.8) is 0 Å². The second-order valence-corrected chi connectivity index (χ2v) is 6.76. The van der Waals surface area contributed by atoms with Crippen LogP contribution in [0.5, 0.6) is 5.75 Å². The fourth-order valence-corrected chi connectivity index (χ4v) is 3.20. The maximum Gasteiger partial charge on any atom is 0.427 e. The molecular formula is C16H18NO6P. The third-order valence-corrected chi connectivity index (χ3v) is 4.24. The van der Waals surface area contributed by atoms with E-state index in [0.29, 0.717) is 12.0 Å². The number of carbonyl (C=O) groups is 2. The highest BCUT2D eigenvalue weighted by molar-refractivity contribution is 7.49. The summed E-state index contributed by atoms with van der Waals surface area (Å²) in [6.07, 6.45) is 3.97. The summed E-state index contributed by atoms with van der Waals surface area (Å²) >= 11 is 0. The van der Waals surface area contributed by atoms with Crippen LogP contribution in [-0.4, -0.2) is 26.5 Å². The lowest BCUT2D eigenvalue weighted by Crippen LogP contribution is -2.29. The molecule has 2 atom stereocenters. The van der Waals surface area contributed by atoms with E-state index in [9.17, 15) is 19.3 Å². The van der Waals surface area contributed by atoms with Gasteiger partial charge in [-0.1, -0.05) is 25.1 Å². The summed E-state index contributed by atoms with van der Waals surface area (Å²) in [5.74, 6) is -2.30. The van der Waals surface area contributed by atoms with E-state index in [1.54, 1.807) is 19.1 Å². The minimum Gasteiger partial charge on any atom is -0.508 e. The Morgan fingerprint density at radius 3 is 2.67 bits per heavy atom. The van der Waals surface area contributed by atoms with Crippen LogP contribution in [0.4, 0.5) is 0 Å². The summed E-state index contributed by atoms with van der Waals surface area (Å²) in [6.45, 7) is 1.80. The summed E-state index contributed by atoms with van der Waals surface area (Å²) in [7, 11) is -4.65. The molecule has 7 nitrogen and oxygen atoms in total. The molecule has 0 saturated carbocycles. The zero-order valence-corrected chi connectivity index (χ0v) is 13.8. The predicted octanol–water partition coefficient (Wildman–Crippen LogP) is 1.78. The van der Waals surface area contributed by atoms with Gasteiger partial charge >= 0.3 is 7.75 Å². The van der Waals surface area contributed by atoms with Gasteiger partial charge in [-0.2, -0.15) is 0 Å². The number of hydrogen-bond donors (Lipinski definition) is 4. The maximum atomic E-state index is 12.9. The molecule has 0 radical (unpaired) electrons. The number of Topliss-reactive ketones (excluding diaryl/α,β-unsaturated/α-hetero) is 1.